The van der Waals surface area contributed by atoms with Crippen LogP contribution in [0.3, 0.4) is 0 Å². The number of hydrogen-bond donors (Lipinski definition) is 4. The zero-order chi connectivity index (χ0) is 48.3. The maximum absolute atomic E-state index is 13.2. The summed E-state index contributed by atoms with van der Waals surface area (Å²) < 4.78 is 22.7. The molecule has 3 aromatic carbocycles. The van der Waals surface area contributed by atoms with Gasteiger partial charge in [0.2, 0.25) is 0 Å². The van der Waals surface area contributed by atoms with Crippen molar-refractivity contribution in [1.82, 2.24) is 25.8 Å². The van der Waals surface area contributed by atoms with Crippen LogP contribution in [-0.4, -0.2) is 109 Å². The summed E-state index contributed by atoms with van der Waals surface area (Å²) >= 11 is 0. The van der Waals surface area contributed by atoms with Crippen LogP contribution in [0, 0.1) is 0 Å². The normalized spacial score (nSPS) is 12.9. The van der Waals surface area contributed by atoms with Gasteiger partial charge in [0.25, 0.3) is 0 Å². The fraction of sp³-hybridized carbons (Fsp3) is 0.673. The second-order valence-electron chi connectivity index (χ2n) is 21.2. The van der Waals surface area contributed by atoms with E-state index in [0.717, 1.165) is 77.5 Å². The number of nitrogens with zero attached hydrogens (tertiary/aromatic N) is 2. The number of nitrogens with two attached hydrogens (primary N) is 1. The van der Waals surface area contributed by atoms with Crippen molar-refractivity contribution >= 4 is 39.8 Å². The largest absolute Gasteiger partial charge is 0.444 e. The molecule has 0 aromatic heterocycles. The number of hydrogen-bond acceptors (Lipinski definition) is 10. The van der Waals surface area contributed by atoms with E-state index < -0.39 is 22.9 Å². The maximum atomic E-state index is 13.2. The van der Waals surface area contributed by atoms with Crippen molar-refractivity contribution in [3.05, 3.63) is 59.7 Å². The van der Waals surface area contributed by atoms with Crippen LogP contribution in [-0.2, 0) is 32.0 Å². The summed E-state index contributed by atoms with van der Waals surface area (Å²) in [6.07, 6.45) is 5.48. The van der Waals surface area contributed by atoms with E-state index in [-0.39, 0.29) is 23.8 Å². The molecule has 0 fully saturated rings. The van der Waals surface area contributed by atoms with E-state index >= 15 is 0 Å². The van der Waals surface area contributed by atoms with E-state index in [2.05, 4.69) is 64.5 Å². The van der Waals surface area contributed by atoms with Gasteiger partial charge < -0.3 is 50.4 Å². The Balaban J connectivity index is 1.55. The molecular weight excluding hydrogens is 821 g/mol. The van der Waals surface area contributed by atoms with Crippen LogP contribution in [0.1, 0.15) is 146 Å². The van der Waals surface area contributed by atoms with Crippen LogP contribution in [0.4, 0.5) is 14.4 Å². The third kappa shape index (κ3) is 22.3. The molecule has 0 saturated heterocycles. The number of fused-ring (bicyclic) bond motifs is 2. The van der Waals surface area contributed by atoms with Gasteiger partial charge in [-0.2, -0.15) is 0 Å². The summed E-state index contributed by atoms with van der Waals surface area (Å²) in [7, 11) is 0. The lowest BCUT2D eigenvalue weighted by Crippen LogP contribution is -2.39. The van der Waals surface area contributed by atoms with E-state index in [1.807, 2.05) is 88.0 Å². The Labute approximate surface area is 391 Å². The molecule has 1 unspecified atom stereocenters. The molecule has 0 aliphatic heterocycles. The number of alkyl carbamates (subject to hydrolysis) is 1. The van der Waals surface area contributed by atoms with E-state index in [1.165, 1.54) is 32.7 Å². The highest BCUT2D eigenvalue weighted by atomic mass is 16.6. The van der Waals surface area contributed by atoms with Gasteiger partial charge in [-0.1, -0.05) is 48.5 Å². The van der Waals surface area contributed by atoms with Crippen LogP contribution < -0.4 is 21.7 Å². The topological polar surface area (TPSA) is 157 Å². The summed E-state index contributed by atoms with van der Waals surface area (Å²) in [6, 6.07) is 17.3. The van der Waals surface area contributed by atoms with Gasteiger partial charge in [-0.3, -0.25) is 0 Å². The van der Waals surface area contributed by atoms with Gasteiger partial charge in [0.15, 0.2) is 0 Å². The average molecular weight is 907 g/mol. The molecule has 13 heteroatoms. The molecule has 0 aliphatic carbocycles. The third-order valence-corrected chi connectivity index (χ3v) is 10.4. The molecule has 0 saturated carbocycles. The van der Waals surface area contributed by atoms with E-state index in [0.29, 0.717) is 39.3 Å². The number of carbonyl (C=O) groups is 3. The lowest BCUT2D eigenvalue weighted by molar-refractivity contribution is -0.0113. The molecule has 0 aliphatic rings. The zero-order valence-electron chi connectivity index (χ0n) is 42.3. The Morgan fingerprint density at radius 2 is 0.892 bits per heavy atom. The Bertz CT molecular complexity index is 1850. The first-order valence-electron chi connectivity index (χ1n) is 24.1. The first-order valence-corrected chi connectivity index (χ1v) is 24.1. The molecule has 3 amide bonds. The number of benzene rings is 3. The lowest BCUT2D eigenvalue weighted by Gasteiger charge is -2.28. The SMILES string of the molecule is CC(C)(C)OCC(N)CCCN(CCCCNCc1c2ccccc2c(CNCCCCN(CCCCNC(=O)OC(C)(C)C)C(=O)OC(C)(C)C)c2ccccc12)C(=O)OC(C)(C)C. The minimum atomic E-state index is -0.586. The first-order chi connectivity index (χ1) is 30.4. The lowest BCUT2D eigenvalue weighted by atomic mass is 9.91. The number of nitrogens with one attached hydrogen (secondary N) is 3. The number of amides is 3. The van der Waals surface area contributed by atoms with Gasteiger partial charge in [0.1, 0.15) is 16.8 Å². The van der Waals surface area contributed by atoms with Gasteiger partial charge in [0.05, 0.1) is 12.2 Å². The average Bonchev–Trinajstić information content (AvgIpc) is 3.19. The Morgan fingerprint density at radius 1 is 0.523 bits per heavy atom. The molecular formula is C52H86N6O7. The fourth-order valence-corrected chi connectivity index (χ4v) is 7.38. The smallest absolute Gasteiger partial charge is 0.410 e. The van der Waals surface area contributed by atoms with Gasteiger partial charge in [-0.25, -0.2) is 14.4 Å². The molecule has 5 N–H and O–H groups in total. The third-order valence-electron chi connectivity index (χ3n) is 10.4. The molecule has 3 aromatic rings. The quantitative estimate of drug-likeness (QED) is 0.0367. The summed E-state index contributed by atoms with van der Waals surface area (Å²) in [5, 5.41) is 15.2. The van der Waals surface area contributed by atoms with Gasteiger partial charge in [-0.05, 0) is 180 Å². The molecule has 0 spiro atoms. The second-order valence-corrected chi connectivity index (χ2v) is 21.2. The summed E-state index contributed by atoms with van der Waals surface area (Å²) in [4.78, 5) is 41.9. The van der Waals surface area contributed by atoms with Crippen molar-refractivity contribution in [3.8, 4) is 0 Å². The first kappa shape index (κ1) is 55.2. The Morgan fingerprint density at radius 3 is 1.26 bits per heavy atom. The monoisotopic (exact) mass is 907 g/mol. The minimum absolute atomic E-state index is 0.0804. The minimum Gasteiger partial charge on any atom is -0.444 e. The van der Waals surface area contributed by atoms with Gasteiger partial charge in [0, 0.05) is 51.9 Å². The molecule has 0 radical (unpaired) electrons. The number of ether oxygens (including phenoxy) is 4. The highest BCUT2D eigenvalue weighted by Crippen LogP contribution is 2.33. The Kier molecular flexibility index (Phi) is 22.3. The summed E-state index contributed by atoms with van der Waals surface area (Å²) in [6.45, 7) is 29.3. The Hall–Kier alpha value is -4.17. The number of rotatable bonds is 25. The van der Waals surface area contributed by atoms with Gasteiger partial charge in [-0.15, -0.1) is 0 Å². The molecule has 1 atom stereocenters. The molecule has 0 bridgehead atoms. The highest BCUT2D eigenvalue weighted by Gasteiger charge is 2.24. The predicted molar refractivity (Wildman–Crippen MR) is 265 cm³/mol. The van der Waals surface area contributed by atoms with E-state index in [9.17, 15) is 14.4 Å². The maximum Gasteiger partial charge on any atom is 0.410 e. The molecule has 13 nitrogen and oxygen atoms in total. The van der Waals surface area contributed by atoms with Crippen molar-refractivity contribution in [2.45, 2.75) is 176 Å². The second kappa shape index (κ2) is 26.2. The molecule has 0 heterocycles. The van der Waals surface area contributed by atoms with Crippen LogP contribution >= 0.6 is 0 Å². The van der Waals surface area contributed by atoms with E-state index in [1.54, 1.807) is 4.90 Å². The van der Waals surface area contributed by atoms with Crippen molar-refractivity contribution in [2.75, 3.05) is 52.4 Å². The molecule has 3 rings (SSSR count). The van der Waals surface area contributed by atoms with Crippen LogP contribution in [0.15, 0.2) is 48.5 Å². The van der Waals surface area contributed by atoms with Gasteiger partial charge >= 0.3 is 18.3 Å². The van der Waals surface area contributed by atoms with Crippen LogP contribution in [0.25, 0.3) is 21.5 Å². The zero-order valence-corrected chi connectivity index (χ0v) is 42.3. The number of unbranched alkanes of at least 4 members (excludes halogenated alkanes) is 3. The van der Waals surface area contributed by atoms with Crippen molar-refractivity contribution in [1.29, 1.82) is 0 Å². The predicted octanol–water partition coefficient (Wildman–Crippen LogP) is 10.4. The molecule has 366 valence electrons. The van der Waals surface area contributed by atoms with Crippen molar-refractivity contribution < 1.29 is 33.3 Å². The fourth-order valence-electron chi connectivity index (χ4n) is 7.38. The highest BCUT2D eigenvalue weighted by molar-refractivity contribution is 6.05. The van der Waals surface area contributed by atoms with Crippen molar-refractivity contribution in [2.24, 2.45) is 5.73 Å². The molecule has 65 heavy (non-hydrogen) atoms. The standard InChI is InChI=1S/C52H86N6O7/c1-49(2,3)62-38-39(53)24-23-35-58(48(61)65-52(10,11)12)33-21-18-30-55-37-45-42-27-15-13-25-40(42)44(41-26-14-16-28-43(41)45)36-54-29-17-20-32-57(47(60)64-51(7,8)9)34-22-19-31-56-46(59)63-50(4,5)6/h13-16,25-28,39,54-55H,17-24,29-38,53H2,1-12H3,(H,56,59). The van der Waals surface area contributed by atoms with Crippen LogP contribution in [0.5, 0.6) is 0 Å². The summed E-state index contributed by atoms with van der Waals surface area (Å²) in [5.74, 6) is 0. The van der Waals surface area contributed by atoms with Crippen LogP contribution in [0.2, 0.25) is 0 Å². The summed E-state index contributed by atoms with van der Waals surface area (Å²) in [5.41, 5.74) is 6.96. The van der Waals surface area contributed by atoms with Crippen molar-refractivity contribution in [3.63, 3.8) is 0 Å². The number of carbonyl (C=O) groups excluding carboxylic acids is 3. The van der Waals surface area contributed by atoms with E-state index in [4.69, 9.17) is 24.7 Å².